The van der Waals surface area contributed by atoms with Gasteiger partial charge in [0.1, 0.15) is 18.2 Å². The Bertz CT molecular complexity index is 1290. The molecule has 3 aromatic carbocycles. The molecule has 1 heterocycles. The molecule has 37 heavy (non-hydrogen) atoms. The summed E-state index contributed by atoms with van der Waals surface area (Å²) in [4.78, 5) is 28.0. The van der Waals surface area contributed by atoms with Crippen molar-refractivity contribution in [1.82, 2.24) is 4.90 Å². The van der Waals surface area contributed by atoms with Gasteiger partial charge in [0.15, 0.2) is 0 Å². The number of benzene rings is 3. The Morgan fingerprint density at radius 2 is 1.57 bits per heavy atom. The summed E-state index contributed by atoms with van der Waals surface area (Å²) in [7, 11) is 0. The SMILES string of the molecule is CCCC(C(=O)O)N1C(=O)C(Cc2ccc(C#N)cc2)OC(c2ccc(Cl)cc2)C1c1ccc(Cl)cc1. The smallest absolute Gasteiger partial charge is 0.326 e. The summed E-state index contributed by atoms with van der Waals surface area (Å²) in [6, 6.07) is 21.5. The Hall–Kier alpha value is -3.37. The fraction of sp³-hybridized carbons (Fsp3) is 0.276. The van der Waals surface area contributed by atoms with Gasteiger partial charge in [-0.25, -0.2) is 4.79 Å². The van der Waals surface area contributed by atoms with E-state index in [0.717, 1.165) is 16.7 Å². The molecule has 3 aromatic rings. The highest BCUT2D eigenvalue weighted by Crippen LogP contribution is 2.44. The summed E-state index contributed by atoms with van der Waals surface area (Å²) >= 11 is 12.3. The summed E-state index contributed by atoms with van der Waals surface area (Å²) < 4.78 is 6.50. The first-order chi connectivity index (χ1) is 17.8. The lowest BCUT2D eigenvalue weighted by Crippen LogP contribution is -2.57. The molecule has 8 heteroatoms. The monoisotopic (exact) mass is 536 g/mol. The maximum Gasteiger partial charge on any atom is 0.326 e. The molecular weight excluding hydrogens is 511 g/mol. The van der Waals surface area contributed by atoms with Crippen LogP contribution < -0.4 is 0 Å². The molecule has 1 amide bonds. The van der Waals surface area contributed by atoms with Gasteiger partial charge in [0.05, 0.1) is 17.7 Å². The topological polar surface area (TPSA) is 90.6 Å². The lowest BCUT2D eigenvalue weighted by atomic mass is 9.88. The van der Waals surface area contributed by atoms with Gasteiger partial charge in [-0.1, -0.05) is 72.9 Å². The van der Waals surface area contributed by atoms with Crippen LogP contribution in [0.5, 0.6) is 0 Å². The molecule has 1 fully saturated rings. The van der Waals surface area contributed by atoms with Gasteiger partial charge in [-0.3, -0.25) is 4.79 Å². The molecule has 4 rings (SSSR count). The number of hydrogen-bond acceptors (Lipinski definition) is 4. The second-order valence-corrected chi connectivity index (χ2v) is 9.87. The second kappa shape index (κ2) is 11.8. The lowest BCUT2D eigenvalue weighted by Gasteiger charge is -2.47. The van der Waals surface area contributed by atoms with E-state index in [1.807, 2.05) is 19.1 Å². The van der Waals surface area contributed by atoms with Gasteiger partial charge >= 0.3 is 5.97 Å². The Kier molecular flexibility index (Phi) is 8.50. The molecule has 0 spiro atoms. The minimum atomic E-state index is -1.07. The van der Waals surface area contributed by atoms with Crippen LogP contribution in [-0.2, 0) is 20.7 Å². The molecule has 190 valence electrons. The molecular formula is C29H26Cl2N2O4. The van der Waals surface area contributed by atoms with Crippen molar-refractivity contribution in [3.8, 4) is 6.07 Å². The van der Waals surface area contributed by atoms with Crippen molar-refractivity contribution in [2.75, 3.05) is 0 Å². The standard InChI is InChI=1S/C29H26Cl2N2O4/c1-2-3-24(29(35)36)33-26(20-8-12-22(30)13-9-20)27(21-10-14-23(31)15-11-21)37-25(28(33)34)16-18-4-6-19(17-32)7-5-18/h4-15,24-27H,2-3,16H2,1H3,(H,35,36). The zero-order chi connectivity index (χ0) is 26.5. The largest absolute Gasteiger partial charge is 0.480 e. The maximum atomic E-state index is 14.0. The minimum absolute atomic E-state index is 0.233. The van der Waals surface area contributed by atoms with E-state index in [-0.39, 0.29) is 6.42 Å². The number of halogens is 2. The third-order valence-electron chi connectivity index (χ3n) is 6.52. The number of morpholine rings is 1. The lowest BCUT2D eigenvalue weighted by molar-refractivity contribution is -0.184. The fourth-order valence-electron chi connectivity index (χ4n) is 4.73. The van der Waals surface area contributed by atoms with Crippen LogP contribution in [0.1, 0.15) is 54.2 Å². The fourth-order valence-corrected chi connectivity index (χ4v) is 4.99. The van der Waals surface area contributed by atoms with Crippen molar-refractivity contribution in [3.05, 3.63) is 105 Å². The van der Waals surface area contributed by atoms with Crippen LogP contribution in [0.4, 0.5) is 0 Å². The summed E-state index contributed by atoms with van der Waals surface area (Å²) in [6.07, 6.45) is -0.464. The first-order valence-electron chi connectivity index (χ1n) is 12.0. The number of nitrogens with zero attached hydrogens (tertiary/aromatic N) is 2. The molecule has 0 radical (unpaired) electrons. The summed E-state index contributed by atoms with van der Waals surface area (Å²) in [6.45, 7) is 1.89. The van der Waals surface area contributed by atoms with E-state index in [1.54, 1.807) is 60.7 Å². The molecule has 0 bridgehead atoms. The number of rotatable bonds is 8. The number of amides is 1. The first kappa shape index (κ1) is 26.7. The molecule has 1 aliphatic heterocycles. The molecule has 4 unspecified atom stereocenters. The zero-order valence-corrected chi connectivity index (χ0v) is 21.7. The maximum absolute atomic E-state index is 14.0. The van der Waals surface area contributed by atoms with E-state index in [2.05, 4.69) is 6.07 Å². The van der Waals surface area contributed by atoms with Crippen LogP contribution in [0, 0.1) is 11.3 Å². The third kappa shape index (κ3) is 5.97. The van der Waals surface area contributed by atoms with Crippen molar-refractivity contribution < 1.29 is 19.4 Å². The Morgan fingerprint density at radius 3 is 2.08 bits per heavy atom. The Balaban J connectivity index is 1.83. The molecule has 0 saturated carbocycles. The second-order valence-electron chi connectivity index (χ2n) is 8.99. The van der Waals surface area contributed by atoms with Gasteiger partial charge < -0.3 is 14.7 Å². The number of hydrogen-bond donors (Lipinski definition) is 1. The molecule has 1 saturated heterocycles. The molecule has 4 atom stereocenters. The molecule has 0 aromatic heterocycles. The Morgan fingerprint density at radius 1 is 1.00 bits per heavy atom. The van der Waals surface area contributed by atoms with E-state index >= 15 is 0 Å². The zero-order valence-electron chi connectivity index (χ0n) is 20.2. The number of carboxylic acids is 1. The Labute approximate surface area is 226 Å². The van der Waals surface area contributed by atoms with Gasteiger partial charge in [-0.15, -0.1) is 0 Å². The molecule has 1 aliphatic rings. The van der Waals surface area contributed by atoms with Gasteiger partial charge in [0, 0.05) is 16.5 Å². The van der Waals surface area contributed by atoms with E-state index < -0.39 is 36.2 Å². The van der Waals surface area contributed by atoms with Crippen LogP contribution in [0.25, 0.3) is 0 Å². The summed E-state index contributed by atoms with van der Waals surface area (Å²) in [5.74, 6) is -1.46. The molecule has 0 aliphatic carbocycles. The van der Waals surface area contributed by atoms with Crippen LogP contribution in [-0.4, -0.2) is 34.0 Å². The summed E-state index contributed by atoms with van der Waals surface area (Å²) in [5, 5.41) is 20.4. The van der Waals surface area contributed by atoms with Gasteiger partial charge in [0.2, 0.25) is 0 Å². The minimum Gasteiger partial charge on any atom is -0.480 e. The van der Waals surface area contributed by atoms with Gasteiger partial charge in [-0.05, 0) is 59.5 Å². The normalized spacial score (nSPS) is 20.3. The highest BCUT2D eigenvalue weighted by molar-refractivity contribution is 6.30. The molecule has 6 nitrogen and oxygen atoms in total. The van der Waals surface area contributed by atoms with Crippen molar-refractivity contribution >= 4 is 35.1 Å². The van der Waals surface area contributed by atoms with E-state index in [1.165, 1.54) is 4.90 Å². The average molecular weight is 537 g/mol. The first-order valence-corrected chi connectivity index (χ1v) is 12.8. The van der Waals surface area contributed by atoms with Gasteiger partial charge in [0.25, 0.3) is 5.91 Å². The van der Waals surface area contributed by atoms with Crippen molar-refractivity contribution in [3.63, 3.8) is 0 Å². The van der Waals surface area contributed by atoms with Crippen LogP contribution in [0.2, 0.25) is 10.0 Å². The van der Waals surface area contributed by atoms with Crippen LogP contribution in [0.3, 0.4) is 0 Å². The third-order valence-corrected chi connectivity index (χ3v) is 7.03. The predicted octanol–water partition coefficient (Wildman–Crippen LogP) is 6.37. The highest BCUT2D eigenvalue weighted by atomic mass is 35.5. The number of aliphatic carboxylic acids is 1. The number of carbonyl (C=O) groups excluding carboxylic acids is 1. The summed E-state index contributed by atoms with van der Waals surface area (Å²) in [5.41, 5.74) is 2.81. The van der Waals surface area contributed by atoms with Crippen molar-refractivity contribution in [1.29, 1.82) is 5.26 Å². The van der Waals surface area contributed by atoms with E-state index in [4.69, 9.17) is 33.2 Å². The van der Waals surface area contributed by atoms with E-state index in [9.17, 15) is 14.7 Å². The quantitative estimate of drug-likeness (QED) is 0.361. The average Bonchev–Trinajstić information content (AvgIpc) is 2.90. The number of ether oxygens (including phenoxy) is 1. The highest BCUT2D eigenvalue weighted by Gasteiger charge is 2.48. The number of carboxylic acid groups (broad SMARTS) is 1. The predicted molar refractivity (Wildman–Crippen MR) is 141 cm³/mol. The van der Waals surface area contributed by atoms with Crippen LogP contribution in [0.15, 0.2) is 72.8 Å². The van der Waals surface area contributed by atoms with E-state index in [0.29, 0.717) is 28.5 Å². The van der Waals surface area contributed by atoms with Crippen LogP contribution >= 0.6 is 23.2 Å². The van der Waals surface area contributed by atoms with Crippen molar-refractivity contribution in [2.45, 2.75) is 50.5 Å². The van der Waals surface area contributed by atoms with Crippen molar-refractivity contribution in [2.24, 2.45) is 0 Å². The number of nitriles is 1. The molecule has 1 N–H and O–H groups in total. The van der Waals surface area contributed by atoms with Gasteiger partial charge in [-0.2, -0.15) is 5.26 Å². The number of carbonyl (C=O) groups is 2.